The first-order valence-electron chi connectivity index (χ1n) is 4.83. The number of carbonyl (C=O) groups excluding carboxylic acids is 1. The van der Waals surface area contributed by atoms with Gasteiger partial charge in [-0.15, -0.1) is 0 Å². The van der Waals surface area contributed by atoms with E-state index in [9.17, 15) is 4.79 Å². The maximum Gasteiger partial charge on any atom is 0.356 e. The van der Waals surface area contributed by atoms with Crippen molar-refractivity contribution in [1.29, 1.82) is 0 Å². The lowest BCUT2D eigenvalue weighted by Crippen LogP contribution is -2.12. The van der Waals surface area contributed by atoms with Crippen molar-refractivity contribution in [3.05, 3.63) is 17.7 Å². The molecule has 1 aromatic rings. The molecule has 0 amide bonds. The van der Waals surface area contributed by atoms with E-state index in [1.165, 1.54) is 20.0 Å². The molecule has 0 aromatic carbocycles. The zero-order valence-electron chi connectivity index (χ0n) is 8.49. The van der Waals surface area contributed by atoms with Gasteiger partial charge in [0, 0.05) is 6.54 Å². The molecule has 1 fully saturated rings. The van der Waals surface area contributed by atoms with Crippen molar-refractivity contribution >= 4 is 5.97 Å². The van der Waals surface area contributed by atoms with Crippen LogP contribution in [0.1, 0.15) is 29.2 Å². The number of carbonyl (C=O) groups is 1. The molecular formula is C10H14N2O2. The van der Waals surface area contributed by atoms with E-state index in [4.69, 9.17) is 4.74 Å². The fourth-order valence-corrected chi connectivity index (χ4v) is 1.52. The third-order valence-electron chi connectivity index (χ3n) is 2.59. The Morgan fingerprint density at radius 2 is 2.43 bits per heavy atom. The second kappa shape index (κ2) is 3.44. The maximum absolute atomic E-state index is 11.4. The normalized spacial score (nSPS) is 15.6. The molecule has 1 aliphatic rings. The van der Waals surface area contributed by atoms with Crippen LogP contribution >= 0.6 is 0 Å². The van der Waals surface area contributed by atoms with Crippen molar-refractivity contribution in [3.8, 4) is 0 Å². The number of aryl methyl sites for hydroxylation is 1. The van der Waals surface area contributed by atoms with E-state index < -0.39 is 0 Å². The van der Waals surface area contributed by atoms with Crippen molar-refractivity contribution in [3.63, 3.8) is 0 Å². The first-order chi connectivity index (χ1) is 6.72. The average molecular weight is 194 g/mol. The van der Waals surface area contributed by atoms with Gasteiger partial charge in [-0.3, -0.25) is 0 Å². The number of ether oxygens (including phenoxy) is 1. The quantitative estimate of drug-likeness (QED) is 0.683. The van der Waals surface area contributed by atoms with Crippen molar-refractivity contribution in [2.75, 3.05) is 7.11 Å². The summed E-state index contributed by atoms with van der Waals surface area (Å²) in [5, 5.41) is 0. The van der Waals surface area contributed by atoms with Crippen LogP contribution in [0.5, 0.6) is 0 Å². The maximum atomic E-state index is 11.4. The van der Waals surface area contributed by atoms with Crippen LogP contribution in [0.25, 0.3) is 0 Å². The minimum Gasteiger partial charge on any atom is -0.464 e. The van der Waals surface area contributed by atoms with Gasteiger partial charge in [-0.05, 0) is 25.7 Å². The predicted molar refractivity (Wildman–Crippen MR) is 51.0 cm³/mol. The van der Waals surface area contributed by atoms with Crippen LogP contribution in [0.3, 0.4) is 0 Å². The Morgan fingerprint density at radius 1 is 1.71 bits per heavy atom. The molecule has 0 spiro atoms. The monoisotopic (exact) mass is 194 g/mol. The number of esters is 1. The molecule has 4 heteroatoms. The van der Waals surface area contributed by atoms with Gasteiger partial charge in [0.15, 0.2) is 0 Å². The molecule has 0 aliphatic heterocycles. The van der Waals surface area contributed by atoms with E-state index in [0.717, 1.165) is 18.3 Å². The Labute approximate surface area is 82.9 Å². The van der Waals surface area contributed by atoms with Gasteiger partial charge in [-0.2, -0.15) is 0 Å². The van der Waals surface area contributed by atoms with E-state index in [2.05, 4.69) is 4.98 Å². The topological polar surface area (TPSA) is 44.1 Å². The fraction of sp³-hybridized carbons (Fsp3) is 0.600. The molecule has 76 valence electrons. The molecule has 0 saturated heterocycles. The third kappa shape index (κ3) is 1.64. The largest absolute Gasteiger partial charge is 0.464 e. The van der Waals surface area contributed by atoms with Gasteiger partial charge in [0.2, 0.25) is 0 Å². The molecule has 1 saturated carbocycles. The van der Waals surface area contributed by atoms with Crippen molar-refractivity contribution < 1.29 is 9.53 Å². The summed E-state index contributed by atoms with van der Waals surface area (Å²) in [5.74, 6) is 1.31. The Morgan fingerprint density at radius 3 is 3.00 bits per heavy atom. The summed E-state index contributed by atoms with van der Waals surface area (Å²) in [4.78, 5) is 15.5. The first-order valence-corrected chi connectivity index (χ1v) is 4.83. The van der Waals surface area contributed by atoms with Gasteiger partial charge in [-0.1, -0.05) is 0 Å². The Bertz CT molecular complexity index is 353. The smallest absolute Gasteiger partial charge is 0.356 e. The summed E-state index contributed by atoms with van der Waals surface area (Å²) in [6, 6.07) is 0. The molecule has 0 radical (unpaired) electrons. The average Bonchev–Trinajstić information content (AvgIpc) is 2.92. The van der Waals surface area contributed by atoms with Gasteiger partial charge in [0.05, 0.1) is 13.3 Å². The number of aromatic nitrogens is 2. The molecule has 0 bridgehead atoms. The molecule has 1 heterocycles. The molecule has 2 rings (SSSR count). The Balaban J connectivity index is 2.24. The van der Waals surface area contributed by atoms with Gasteiger partial charge < -0.3 is 9.30 Å². The number of hydrogen-bond donors (Lipinski definition) is 0. The van der Waals surface area contributed by atoms with Crippen molar-refractivity contribution in [1.82, 2.24) is 9.55 Å². The number of rotatable bonds is 3. The van der Waals surface area contributed by atoms with Crippen LogP contribution in [-0.4, -0.2) is 22.6 Å². The van der Waals surface area contributed by atoms with Crippen molar-refractivity contribution in [2.24, 2.45) is 5.92 Å². The molecule has 1 aromatic heterocycles. The number of methoxy groups -OCH3 is 1. The molecular weight excluding hydrogens is 180 g/mol. The van der Waals surface area contributed by atoms with Crippen LogP contribution in [0.2, 0.25) is 0 Å². The molecule has 1 aliphatic carbocycles. The van der Waals surface area contributed by atoms with E-state index in [0.29, 0.717) is 5.69 Å². The van der Waals surface area contributed by atoms with Gasteiger partial charge in [0.25, 0.3) is 0 Å². The summed E-state index contributed by atoms with van der Waals surface area (Å²) in [5.41, 5.74) is 0.567. The molecule has 0 N–H and O–H groups in total. The highest BCUT2D eigenvalue weighted by molar-refractivity contribution is 5.87. The summed E-state index contributed by atoms with van der Waals surface area (Å²) in [6.07, 6.45) is 4.11. The lowest BCUT2D eigenvalue weighted by molar-refractivity contribution is 0.0587. The molecule has 14 heavy (non-hydrogen) atoms. The lowest BCUT2D eigenvalue weighted by atomic mass is 10.4. The van der Waals surface area contributed by atoms with Crippen LogP contribution in [-0.2, 0) is 11.3 Å². The van der Waals surface area contributed by atoms with E-state index in [1.807, 2.05) is 11.5 Å². The number of nitrogens with zero attached hydrogens (tertiary/aromatic N) is 2. The van der Waals surface area contributed by atoms with Gasteiger partial charge in [0.1, 0.15) is 11.5 Å². The van der Waals surface area contributed by atoms with E-state index in [-0.39, 0.29) is 5.97 Å². The lowest BCUT2D eigenvalue weighted by Gasteiger charge is -2.07. The van der Waals surface area contributed by atoms with E-state index in [1.54, 1.807) is 6.20 Å². The molecule has 0 atom stereocenters. The summed E-state index contributed by atoms with van der Waals surface area (Å²) in [7, 11) is 1.39. The highest BCUT2D eigenvalue weighted by Gasteiger charge is 2.25. The van der Waals surface area contributed by atoms with Gasteiger partial charge >= 0.3 is 5.97 Å². The van der Waals surface area contributed by atoms with E-state index >= 15 is 0 Å². The van der Waals surface area contributed by atoms with Crippen LogP contribution in [0.15, 0.2) is 6.20 Å². The van der Waals surface area contributed by atoms with Crippen LogP contribution < -0.4 is 0 Å². The fourth-order valence-electron chi connectivity index (χ4n) is 1.52. The second-order valence-corrected chi connectivity index (χ2v) is 3.74. The van der Waals surface area contributed by atoms with Gasteiger partial charge in [-0.25, -0.2) is 9.78 Å². The predicted octanol–water partition coefficient (Wildman–Crippen LogP) is 1.39. The summed E-state index contributed by atoms with van der Waals surface area (Å²) < 4.78 is 6.64. The second-order valence-electron chi connectivity index (χ2n) is 3.74. The number of hydrogen-bond acceptors (Lipinski definition) is 3. The zero-order valence-corrected chi connectivity index (χ0v) is 8.49. The SMILES string of the molecule is COC(=O)c1cnc(C)n1CC1CC1. The Hall–Kier alpha value is -1.32. The standard InChI is InChI=1S/C10H14N2O2/c1-7-11-5-9(10(13)14-2)12(7)6-8-3-4-8/h5,8H,3-4,6H2,1-2H3. The minimum atomic E-state index is -0.300. The summed E-state index contributed by atoms with van der Waals surface area (Å²) >= 11 is 0. The minimum absolute atomic E-state index is 0.300. The number of imidazole rings is 1. The first kappa shape index (κ1) is 9.24. The third-order valence-corrected chi connectivity index (χ3v) is 2.59. The molecule has 4 nitrogen and oxygen atoms in total. The Kier molecular flexibility index (Phi) is 2.27. The zero-order chi connectivity index (χ0) is 10.1. The summed E-state index contributed by atoms with van der Waals surface area (Å²) in [6.45, 7) is 2.81. The highest BCUT2D eigenvalue weighted by Crippen LogP contribution is 2.31. The van der Waals surface area contributed by atoms with Crippen molar-refractivity contribution in [2.45, 2.75) is 26.3 Å². The highest BCUT2D eigenvalue weighted by atomic mass is 16.5. The van der Waals surface area contributed by atoms with Crippen LogP contribution in [0, 0.1) is 12.8 Å². The molecule has 0 unspecified atom stereocenters. The van der Waals surface area contributed by atoms with Crippen LogP contribution in [0.4, 0.5) is 0 Å².